The van der Waals surface area contributed by atoms with Gasteiger partial charge >= 0.3 is 0 Å². The molecule has 0 aliphatic carbocycles. The highest BCUT2D eigenvalue weighted by molar-refractivity contribution is 6.05. The van der Waals surface area contributed by atoms with Gasteiger partial charge in [0.15, 0.2) is 5.60 Å². The van der Waals surface area contributed by atoms with Crippen LogP contribution in [0.1, 0.15) is 39.9 Å². The van der Waals surface area contributed by atoms with Crippen LogP contribution >= 0.6 is 0 Å². The number of ether oxygens (including phenoxy) is 1. The molecule has 0 aromatic heterocycles. The lowest BCUT2D eigenvalue weighted by Gasteiger charge is -2.39. The summed E-state index contributed by atoms with van der Waals surface area (Å²) in [7, 11) is 0. The maximum Gasteiger partial charge on any atom is 0.211 e. The first kappa shape index (κ1) is 20.0. The maximum absolute atomic E-state index is 14.0. The van der Waals surface area contributed by atoms with E-state index in [9.17, 15) is 4.79 Å². The van der Waals surface area contributed by atoms with Crippen LogP contribution in [0.4, 0.5) is 0 Å². The van der Waals surface area contributed by atoms with Crippen LogP contribution in [0.15, 0.2) is 121 Å². The number of hydrogen-bond donors (Lipinski definition) is 0. The Balaban J connectivity index is 1.70. The van der Waals surface area contributed by atoms with Crippen LogP contribution in [0, 0.1) is 0 Å². The highest BCUT2D eigenvalue weighted by Gasteiger charge is 2.46. The third-order valence-electron chi connectivity index (χ3n) is 6.08. The number of rotatable bonds is 5. The van der Waals surface area contributed by atoms with Crippen LogP contribution in [0.5, 0.6) is 0 Å². The van der Waals surface area contributed by atoms with Gasteiger partial charge in [0.1, 0.15) is 5.76 Å². The van der Waals surface area contributed by atoms with E-state index < -0.39 is 5.60 Å². The third-order valence-corrected chi connectivity index (χ3v) is 6.08. The summed E-state index contributed by atoms with van der Waals surface area (Å²) < 4.78 is 6.86. The molecule has 0 amide bonds. The second-order valence-corrected chi connectivity index (χ2v) is 8.03. The molecule has 4 aromatic rings. The number of allylic oxidation sites excluding steroid dienone is 1. The van der Waals surface area contributed by atoms with E-state index in [-0.39, 0.29) is 5.78 Å². The Hall–Kier alpha value is -3.91. The summed E-state index contributed by atoms with van der Waals surface area (Å²) in [4.78, 5) is 14.0. The Morgan fingerprint density at radius 1 is 0.625 bits per heavy atom. The molecule has 2 heteroatoms. The summed E-state index contributed by atoms with van der Waals surface area (Å²) in [5.74, 6) is 0.765. The third kappa shape index (κ3) is 3.65. The van der Waals surface area contributed by atoms with E-state index in [2.05, 4.69) is 12.1 Å². The fraction of sp³-hybridized carbons (Fsp3) is 0.100. The Labute approximate surface area is 188 Å². The molecule has 0 saturated carbocycles. The van der Waals surface area contributed by atoms with Gasteiger partial charge in [-0.25, -0.2) is 0 Å². The van der Waals surface area contributed by atoms with E-state index in [0.29, 0.717) is 12.0 Å². The van der Waals surface area contributed by atoms with Gasteiger partial charge in [-0.1, -0.05) is 121 Å². The van der Waals surface area contributed by atoms with Gasteiger partial charge in [0, 0.05) is 28.7 Å². The van der Waals surface area contributed by atoms with Gasteiger partial charge < -0.3 is 4.74 Å². The zero-order valence-electron chi connectivity index (χ0n) is 17.8. The quantitative estimate of drug-likeness (QED) is 0.323. The first-order valence-electron chi connectivity index (χ1n) is 11.0. The van der Waals surface area contributed by atoms with Gasteiger partial charge in [-0.2, -0.15) is 0 Å². The highest BCUT2D eigenvalue weighted by atomic mass is 16.5. The van der Waals surface area contributed by atoms with Crippen LogP contribution in [-0.4, -0.2) is 5.78 Å². The first-order valence-corrected chi connectivity index (χ1v) is 11.0. The molecule has 1 aliphatic rings. The van der Waals surface area contributed by atoms with Crippen molar-refractivity contribution in [1.82, 2.24) is 0 Å². The summed E-state index contributed by atoms with van der Waals surface area (Å²) in [6, 6.07) is 39.8. The van der Waals surface area contributed by atoms with Gasteiger partial charge in [-0.05, 0) is 12.0 Å². The van der Waals surface area contributed by atoms with E-state index >= 15 is 0 Å². The summed E-state index contributed by atoms with van der Waals surface area (Å²) in [6.07, 6.45) is 1.31. The van der Waals surface area contributed by atoms with Crippen LogP contribution in [0.3, 0.4) is 0 Å². The highest BCUT2D eigenvalue weighted by Crippen LogP contribution is 2.47. The molecule has 0 saturated heterocycles. The van der Waals surface area contributed by atoms with Crippen molar-refractivity contribution < 1.29 is 9.53 Å². The minimum Gasteiger partial charge on any atom is -0.473 e. The van der Waals surface area contributed by atoms with Crippen molar-refractivity contribution in [3.05, 3.63) is 144 Å². The molecule has 2 nitrogen and oxygen atoms in total. The Kier molecular flexibility index (Phi) is 5.43. The van der Waals surface area contributed by atoms with E-state index in [1.54, 1.807) is 0 Å². The Morgan fingerprint density at radius 2 is 1.12 bits per heavy atom. The van der Waals surface area contributed by atoms with Crippen LogP contribution < -0.4 is 0 Å². The minimum absolute atomic E-state index is 0.00940. The van der Waals surface area contributed by atoms with Gasteiger partial charge in [-0.3, -0.25) is 4.79 Å². The van der Waals surface area contributed by atoms with E-state index in [1.165, 1.54) is 0 Å². The maximum atomic E-state index is 14.0. The Morgan fingerprint density at radius 3 is 1.72 bits per heavy atom. The predicted molar refractivity (Wildman–Crippen MR) is 129 cm³/mol. The summed E-state index contributed by atoms with van der Waals surface area (Å²) in [5.41, 5.74) is 3.70. The molecule has 5 rings (SSSR count). The number of carbonyl (C=O) groups excluding carboxylic acids is 1. The predicted octanol–water partition coefficient (Wildman–Crippen LogP) is 7.14. The van der Waals surface area contributed by atoms with Crippen LogP contribution in [0.2, 0.25) is 0 Å². The molecule has 156 valence electrons. The lowest BCUT2D eigenvalue weighted by molar-refractivity contribution is 0.0216. The summed E-state index contributed by atoms with van der Waals surface area (Å²) >= 11 is 0. The number of hydrogen-bond acceptors (Lipinski definition) is 2. The van der Waals surface area contributed by atoms with E-state index in [4.69, 9.17) is 4.74 Å². The van der Waals surface area contributed by atoms with Crippen LogP contribution in [-0.2, 0) is 10.3 Å². The van der Waals surface area contributed by atoms with Gasteiger partial charge in [0.25, 0.3) is 0 Å². The average Bonchev–Trinajstić information content (AvgIpc) is 2.90. The number of Topliss-reactive ketones (excluding diaryl/α,β-unsaturated/α-hetero) is 1. The molecule has 1 atom stereocenters. The fourth-order valence-corrected chi connectivity index (χ4v) is 4.46. The lowest BCUT2D eigenvalue weighted by Crippen LogP contribution is -2.40. The molecule has 0 fully saturated rings. The largest absolute Gasteiger partial charge is 0.473 e. The topological polar surface area (TPSA) is 26.3 Å². The SMILES string of the molecule is O=C(c1ccccc1)[C@@]1(c2ccccc2)CCC(c2ccccc2)=C(c2ccccc2)O1. The second-order valence-electron chi connectivity index (χ2n) is 8.03. The molecule has 4 aromatic carbocycles. The standard InChI is InChI=1S/C30H24O2/c31-29(25-17-9-3-10-18-25)30(26-19-11-4-12-20-26)22-21-27(23-13-5-1-6-14-23)28(32-30)24-15-7-2-8-16-24/h1-20H,21-22H2/t30-/m0/s1. The molecule has 0 N–H and O–H groups in total. The van der Waals surface area contributed by atoms with Crippen molar-refractivity contribution in [2.45, 2.75) is 18.4 Å². The first-order chi connectivity index (χ1) is 15.8. The number of benzene rings is 4. The zero-order chi connectivity index (χ0) is 21.8. The molecule has 0 spiro atoms. The molecule has 0 radical (unpaired) electrons. The molecule has 0 bridgehead atoms. The molecular formula is C30H24O2. The zero-order valence-corrected chi connectivity index (χ0v) is 17.8. The molecular weight excluding hydrogens is 392 g/mol. The monoisotopic (exact) mass is 416 g/mol. The summed E-state index contributed by atoms with van der Waals surface area (Å²) in [6.45, 7) is 0. The Bertz CT molecular complexity index is 1230. The van der Waals surface area contributed by atoms with E-state index in [1.807, 2.05) is 109 Å². The smallest absolute Gasteiger partial charge is 0.211 e. The van der Waals surface area contributed by atoms with Gasteiger partial charge in [0.2, 0.25) is 5.78 Å². The molecule has 32 heavy (non-hydrogen) atoms. The molecule has 1 aliphatic heterocycles. The van der Waals surface area contributed by atoms with Gasteiger partial charge in [-0.15, -0.1) is 0 Å². The molecule has 1 heterocycles. The number of carbonyl (C=O) groups is 1. The molecule has 0 unspecified atom stereocenters. The van der Waals surface area contributed by atoms with Crippen molar-refractivity contribution in [3.8, 4) is 0 Å². The number of ketones is 1. The van der Waals surface area contributed by atoms with Crippen molar-refractivity contribution in [2.75, 3.05) is 0 Å². The minimum atomic E-state index is -1.08. The summed E-state index contributed by atoms with van der Waals surface area (Å²) in [5, 5.41) is 0. The second kappa shape index (κ2) is 8.68. The van der Waals surface area contributed by atoms with E-state index in [0.717, 1.165) is 34.4 Å². The van der Waals surface area contributed by atoms with Crippen LogP contribution in [0.25, 0.3) is 11.3 Å². The van der Waals surface area contributed by atoms with Crippen molar-refractivity contribution in [2.24, 2.45) is 0 Å². The van der Waals surface area contributed by atoms with Crippen molar-refractivity contribution in [3.63, 3.8) is 0 Å². The average molecular weight is 417 g/mol. The fourth-order valence-electron chi connectivity index (χ4n) is 4.46. The van der Waals surface area contributed by atoms with Crippen molar-refractivity contribution in [1.29, 1.82) is 0 Å². The lowest BCUT2D eigenvalue weighted by atomic mass is 9.78. The normalized spacial score (nSPS) is 18.1. The van der Waals surface area contributed by atoms with Crippen molar-refractivity contribution >= 4 is 17.1 Å². The van der Waals surface area contributed by atoms with Gasteiger partial charge in [0.05, 0.1) is 0 Å².